The van der Waals surface area contributed by atoms with Gasteiger partial charge in [-0.15, -0.1) is 0 Å². The van der Waals surface area contributed by atoms with Crippen LogP contribution in [0.1, 0.15) is 28.6 Å². The fraction of sp³-hybridized carbons (Fsp3) is 0.368. The zero-order valence-electron chi connectivity index (χ0n) is 15.5. The highest BCUT2D eigenvalue weighted by Gasteiger charge is 2.13. The first-order chi connectivity index (χ1) is 13.1. The van der Waals surface area contributed by atoms with Crippen LogP contribution in [-0.4, -0.2) is 36.4 Å². The topological polar surface area (TPSA) is 106 Å². The van der Waals surface area contributed by atoms with Gasteiger partial charge in [0.25, 0.3) is 0 Å². The quantitative estimate of drug-likeness (QED) is 0.621. The summed E-state index contributed by atoms with van der Waals surface area (Å²) in [4.78, 5) is 22.7. The third-order valence-electron chi connectivity index (χ3n) is 4.27. The van der Waals surface area contributed by atoms with Crippen molar-refractivity contribution in [2.45, 2.75) is 39.8 Å². The normalized spacial score (nSPS) is 10.9. The third kappa shape index (κ3) is 4.79. The summed E-state index contributed by atoms with van der Waals surface area (Å²) in [6, 6.07) is 9.48. The number of hydrogen-bond donors (Lipinski definition) is 2. The van der Waals surface area contributed by atoms with E-state index in [-0.39, 0.29) is 18.9 Å². The number of rotatable bonds is 8. The molecule has 0 atom stereocenters. The van der Waals surface area contributed by atoms with E-state index in [2.05, 4.69) is 20.1 Å². The molecule has 8 nitrogen and oxygen atoms in total. The molecule has 0 unspecified atom stereocenters. The number of aromatic amines is 1. The molecule has 142 valence electrons. The number of para-hydroxylation sites is 1. The van der Waals surface area contributed by atoms with Gasteiger partial charge in [0.2, 0.25) is 0 Å². The number of ether oxygens (including phenoxy) is 1. The molecule has 2 heterocycles. The van der Waals surface area contributed by atoms with E-state index in [1.807, 2.05) is 44.2 Å². The van der Waals surface area contributed by atoms with Gasteiger partial charge in [-0.1, -0.05) is 18.2 Å². The van der Waals surface area contributed by atoms with Gasteiger partial charge in [-0.25, -0.2) is 14.5 Å². The fourth-order valence-corrected chi connectivity index (χ4v) is 2.97. The van der Waals surface area contributed by atoms with Crippen LogP contribution >= 0.6 is 0 Å². The van der Waals surface area contributed by atoms with Crippen molar-refractivity contribution in [2.24, 2.45) is 0 Å². The van der Waals surface area contributed by atoms with Crippen LogP contribution in [0, 0.1) is 13.8 Å². The van der Waals surface area contributed by atoms with Crippen LogP contribution in [0.4, 0.5) is 0 Å². The van der Waals surface area contributed by atoms with Crippen molar-refractivity contribution in [2.75, 3.05) is 6.61 Å². The molecule has 27 heavy (non-hydrogen) atoms. The maximum Gasteiger partial charge on any atom is 0.345 e. The molecular weight excluding hydrogens is 346 g/mol. The molecule has 0 aliphatic carbocycles. The van der Waals surface area contributed by atoms with E-state index >= 15 is 0 Å². The first kappa shape index (κ1) is 18.8. The smallest absolute Gasteiger partial charge is 0.345 e. The molecule has 0 fully saturated rings. The van der Waals surface area contributed by atoms with E-state index in [9.17, 15) is 9.90 Å². The van der Waals surface area contributed by atoms with Gasteiger partial charge in [0.05, 0.1) is 13.2 Å². The van der Waals surface area contributed by atoms with E-state index in [1.165, 1.54) is 0 Å². The third-order valence-corrected chi connectivity index (χ3v) is 4.27. The number of aromatic nitrogens is 5. The number of nitrogens with one attached hydrogen (secondary N) is 1. The van der Waals surface area contributed by atoms with Gasteiger partial charge < -0.3 is 14.8 Å². The van der Waals surface area contributed by atoms with Crippen molar-refractivity contribution in [3.05, 3.63) is 69.4 Å². The average Bonchev–Trinajstić information content (AvgIpc) is 3.02. The van der Waals surface area contributed by atoms with E-state index in [0.29, 0.717) is 25.2 Å². The second-order valence-corrected chi connectivity index (χ2v) is 6.22. The van der Waals surface area contributed by atoms with Crippen LogP contribution in [-0.2, 0) is 26.0 Å². The first-order valence-corrected chi connectivity index (χ1v) is 8.84. The number of benzene rings is 1. The van der Waals surface area contributed by atoms with Crippen molar-refractivity contribution >= 4 is 0 Å². The Bertz CT molecular complexity index is 923. The molecule has 2 aromatic heterocycles. The minimum absolute atomic E-state index is 0.0202. The molecule has 2 N–H and O–H groups in total. The van der Waals surface area contributed by atoms with Crippen LogP contribution in [0.2, 0.25) is 0 Å². The monoisotopic (exact) mass is 369 g/mol. The highest BCUT2D eigenvalue weighted by molar-refractivity contribution is 5.23. The minimum Gasteiger partial charge on any atom is -0.486 e. The second kappa shape index (κ2) is 8.59. The molecular formula is C19H23N5O3. The standard InChI is InChI=1S/C19H23N5O3/c1-13-16(14(2)21-19(26)20-13)8-9-18-22-17(23-24(18)10-11-25)12-27-15-6-4-3-5-7-15/h3-7,25H,8-12H2,1-2H3,(H,20,21,26). The largest absolute Gasteiger partial charge is 0.486 e. The lowest BCUT2D eigenvalue weighted by Gasteiger charge is -2.08. The maximum atomic E-state index is 11.4. The van der Waals surface area contributed by atoms with Crippen molar-refractivity contribution in [1.29, 1.82) is 0 Å². The number of aliphatic hydroxyl groups excluding tert-OH is 1. The second-order valence-electron chi connectivity index (χ2n) is 6.22. The highest BCUT2D eigenvalue weighted by Crippen LogP contribution is 2.13. The number of aryl methyl sites for hydroxylation is 3. The van der Waals surface area contributed by atoms with Crippen molar-refractivity contribution < 1.29 is 9.84 Å². The van der Waals surface area contributed by atoms with Gasteiger partial charge >= 0.3 is 5.69 Å². The zero-order valence-corrected chi connectivity index (χ0v) is 15.5. The van der Waals surface area contributed by atoms with Gasteiger partial charge in [-0.05, 0) is 38.0 Å². The van der Waals surface area contributed by atoms with E-state index < -0.39 is 0 Å². The number of H-pyrrole nitrogens is 1. The SMILES string of the molecule is Cc1nc(=O)[nH]c(C)c1CCc1nc(COc2ccccc2)nn1CCO. The molecule has 0 spiro atoms. The molecule has 0 aliphatic heterocycles. The Morgan fingerprint density at radius 3 is 2.63 bits per heavy atom. The number of nitrogens with zero attached hydrogens (tertiary/aromatic N) is 4. The summed E-state index contributed by atoms with van der Waals surface area (Å²) in [7, 11) is 0. The summed E-state index contributed by atoms with van der Waals surface area (Å²) in [6.07, 6.45) is 1.29. The number of aliphatic hydroxyl groups is 1. The Labute approximate surface area is 156 Å². The predicted octanol–water partition coefficient (Wildman–Crippen LogP) is 1.33. The zero-order chi connectivity index (χ0) is 19.2. The van der Waals surface area contributed by atoms with E-state index in [1.54, 1.807) is 4.68 Å². The lowest BCUT2D eigenvalue weighted by molar-refractivity contribution is 0.264. The minimum atomic E-state index is -0.336. The van der Waals surface area contributed by atoms with Gasteiger partial charge in [0.1, 0.15) is 18.2 Å². The lowest BCUT2D eigenvalue weighted by atomic mass is 10.1. The van der Waals surface area contributed by atoms with Crippen LogP contribution in [0.15, 0.2) is 35.1 Å². The van der Waals surface area contributed by atoms with Crippen LogP contribution in [0.5, 0.6) is 5.75 Å². The Balaban J connectivity index is 1.72. The van der Waals surface area contributed by atoms with Crippen molar-refractivity contribution in [1.82, 2.24) is 24.7 Å². The maximum absolute atomic E-state index is 11.4. The van der Waals surface area contributed by atoms with Gasteiger partial charge in [-0.3, -0.25) is 0 Å². The van der Waals surface area contributed by atoms with Gasteiger partial charge in [-0.2, -0.15) is 10.1 Å². The Hall–Kier alpha value is -3.00. The molecule has 0 saturated carbocycles. The highest BCUT2D eigenvalue weighted by atomic mass is 16.5. The van der Waals surface area contributed by atoms with E-state index in [0.717, 1.165) is 28.5 Å². The summed E-state index contributed by atoms with van der Waals surface area (Å²) in [5.41, 5.74) is 2.19. The Morgan fingerprint density at radius 1 is 1.15 bits per heavy atom. The van der Waals surface area contributed by atoms with Gasteiger partial charge in [0.15, 0.2) is 5.82 Å². The summed E-state index contributed by atoms with van der Waals surface area (Å²) in [6.45, 7) is 4.30. The van der Waals surface area contributed by atoms with Crippen LogP contribution < -0.4 is 10.4 Å². The summed E-state index contributed by atoms with van der Waals surface area (Å²) >= 11 is 0. The molecule has 1 aromatic carbocycles. The van der Waals surface area contributed by atoms with Crippen molar-refractivity contribution in [3.63, 3.8) is 0 Å². The average molecular weight is 369 g/mol. The Morgan fingerprint density at radius 2 is 1.93 bits per heavy atom. The molecule has 3 aromatic rings. The van der Waals surface area contributed by atoms with Crippen LogP contribution in [0.3, 0.4) is 0 Å². The Kier molecular flexibility index (Phi) is 5.97. The van der Waals surface area contributed by atoms with Crippen molar-refractivity contribution in [3.8, 4) is 5.75 Å². The lowest BCUT2D eigenvalue weighted by Crippen LogP contribution is -2.17. The molecule has 0 bridgehead atoms. The molecule has 0 amide bonds. The fourth-order valence-electron chi connectivity index (χ4n) is 2.97. The predicted molar refractivity (Wildman–Crippen MR) is 99.6 cm³/mol. The first-order valence-electron chi connectivity index (χ1n) is 8.84. The molecule has 8 heteroatoms. The van der Waals surface area contributed by atoms with Crippen LogP contribution in [0.25, 0.3) is 0 Å². The van der Waals surface area contributed by atoms with Gasteiger partial charge in [0, 0.05) is 17.8 Å². The molecule has 0 saturated heterocycles. The molecule has 3 rings (SSSR count). The summed E-state index contributed by atoms with van der Waals surface area (Å²) in [5.74, 6) is 2.08. The molecule has 0 radical (unpaired) electrons. The van der Waals surface area contributed by atoms with E-state index in [4.69, 9.17) is 4.74 Å². The summed E-state index contributed by atoms with van der Waals surface area (Å²) < 4.78 is 7.40. The number of hydrogen-bond acceptors (Lipinski definition) is 6. The molecule has 0 aliphatic rings. The summed E-state index contributed by atoms with van der Waals surface area (Å²) in [5, 5.41) is 13.7.